The Kier molecular flexibility index (Phi) is 5.36. The Morgan fingerprint density at radius 2 is 2.04 bits per heavy atom. The topological polar surface area (TPSA) is 141 Å². The molecular formula is C17H25N5O2. The number of carbonyl (C=O) groups is 2. The fraction of sp³-hybridized carbons (Fsp3) is 0.471. The number of aromatic amines is 1. The molecular weight excluding hydrogens is 306 g/mol. The highest BCUT2D eigenvalue weighted by atomic mass is 16.2. The van der Waals surface area contributed by atoms with Gasteiger partial charge in [-0.05, 0) is 50.4 Å². The van der Waals surface area contributed by atoms with Gasteiger partial charge in [-0.2, -0.15) is 0 Å². The van der Waals surface area contributed by atoms with Crippen LogP contribution in [-0.4, -0.2) is 33.7 Å². The van der Waals surface area contributed by atoms with Crippen molar-refractivity contribution in [3.63, 3.8) is 0 Å². The van der Waals surface area contributed by atoms with E-state index in [1.807, 2.05) is 6.92 Å². The molecule has 0 bridgehead atoms. The van der Waals surface area contributed by atoms with Gasteiger partial charge in [-0.25, -0.2) is 4.98 Å². The minimum Gasteiger partial charge on any atom is -0.368 e. The largest absolute Gasteiger partial charge is 0.368 e. The molecule has 2 rings (SSSR count). The molecule has 1 amide bonds. The summed E-state index contributed by atoms with van der Waals surface area (Å²) >= 11 is 0. The molecule has 0 radical (unpaired) electrons. The van der Waals surface area contributed by atoms with Gasteiger partial charge < -0.3 is 22.2 Å². The number of nitrogens with two attached hydrogens (primary N) is 3. The molecule has 0 saturated carbocycles. The SMILES string of the molecule is CCCc1nc2c(C)cc(C(=O)[C@](N)(CCCN)C(N)=O)cc2[nH]1. The Bertz CT molecular complexity index is 768. The van der Waals surface area contributed by atoms with Crippen LogP contribution < -0.4 is 17.2 Å². The predicted molar refractivity (Wildman–Crippen MR) is 93.6 cm³/mol. The molecule has 1 heterocycles. The van der Waals surface area contributed by atoms with Crippen LogP contribution in [-0.2, 0) is 11.2 Å². The van der Waals surface area contributed by atoms with Gasteiger partial charge in [-0.1, -0.05) is 6.92 Å². The summed E-state index contributed by atoms with van der Waals surface area (Å²) in [6.45, 7) is 4.28. The van der Waals surface area contributed by atoms with Crippen molar-refractivity contribution < 1.29 is 9.59 Å². The van der Waals surface area contributed by atoms with Crippen LogP contribution in [0.5, 0.6) is 0 Å². The van der Waals surface area contributed by atoms with Crippen molar-refractivity contribution in [3.8, 4) is 0 Å². The maximum atomic E-state index is 12.8. The van der Waals surface area contributed by atoms with Crippen molar-refractivity contribution in [3.05, 3.63) is 29.1 Å². The van der Waals surface area contributed by atoms with Gasteiger partial charge in [0, 0.05) is 12.0 Å². The highest BCUT2D eigenvalue weighted by Gasteiger charge is 2.40. The van der Waals surface area contributed by atoms with Crippen molar-refractivity contribution in [1.29, 1.82) is 0 Å². The van der Waals surface area contributed by atoms with E-state index in [4.69, 9.17) is 17.2 Å². The van der Waals surface area contributed by atoms with Crippen LogP contribution in [0.25, 0.3) is 11.0 Å². The second-order valence-corrected chi connectivity index (χ2v) is 6.18. The van der Waals surface area contributed by atoms with Crippen LogP contribution in [0.2, 0.25) is 0 Å². The molecule has 24 heavy (non-hydrogen) atoms. The second-order valence-electron chi connectivity index (χ2n) is 6.18. The summed E-state index contributed by atoms with van der Waals surface area (Å²) in [5, 5.41) is 0. The molecule has 1 atom stereocenters. The molecule has 7 nitrogen and oxygen atoms in total. The second kappa shape index (κ2) is 7.11. The van der Waals surface area contributed by atoms with Gasteiger partial charge in [0.2, 0.25) is 5.91 Å². The molecule has 7 N–H and O–H groups in total. The van der Waals surface area contributed by atoms with Crippen LogP contribution in [0, 0.1) is 6.92 Å². The number of benzene rings is 1. The number of aryl methyl sites for hydroxylation is 2. The Hall–Kier alpha value is -2.25. The molecule has 1 aromatic heterocycles. The molecule has 2 aromatic rings. The first-order valence-electron chi connectivity index (χ1n) is 8.16. The number of Topliss-reactive ketones (excluding diaryl/α,β-unsaturated/α-hetero) is 1. The molecule has 0 spiro atoms. The van der Waals surface area contributed by atoms with Crippen LogP contribution in [0.1, 0.15) is 47.9 Å². The zero-order valence-electron chi connectivity index (χ0n) is 14.2. The summed E-state index contributed by atoms with van der Waals surface area (Å²) < 4.78 is 0. The van der Waals surface area contributed by atoms with E-state index in [-0.39, 0.29) is 6.42 Å². The van der Waals surface area contributed by atoms with Crippen LogP contribution in [0.15, 0.2) is 12.1 Å². The molecule has 7 heteroatoms. The first kappa shape index (κ1) is 18.1. The molecule has 0 aliphatic heterocycles. The number of rotatable bonds is 8. The van der Waals surface area contributed by atoms with Gasteiger partial charge in [0.1, 0.15) is 5.82 Å². The van der Waals surface area contributed by atoms with Gasteiger partial charge >= 0.3 is 0 Å². The summed E-state index contributed by atoms with van der Waals surface area (Å²) in [5.41, 5.74) is 17.9. The Morgan fingerprint density at radius 3 is 2.62 bits per heavy atom. The van der Waals surface area contributed by atoms with Crippen LogP contribution >= 0.6 is 0 Å². The summed E-state index contributed by atoms with van der Waals surface area (Å²) in [5.74, 6) is -0.452. The number of amides is 1. The lowest BCUT2D eigenvalue weighted by molar-refractivity contribution is -0.121. The van der Waals surface area contributed by atoms with E-state index in [2.05, 4.69) is 16.9 Å². The Balaban J connectivity index is 2.46. The average Bonchev–Trinajstić information content (AvgIpc) is 2.95. The van der Waals surface area contributed by atoms with E-state index in [9.17, 15) is 9.59 Å². The first-order valence-corrected chi connectivity index (χ1v) is 8.16. The molecule has 0 unspecified atom stereocenters. The van der Waals surface area contributed by atoms with E-state index < -0.39 is 17.2 Å². The van der Waals surface area contributed by atoms with Gasteiger partial charge in [0.25, 0.3) is 0 Å². The number of hydrogen-bond donors (Lipinski definition) is 4. The quantitative estimate of drug-likeness (QED) is 0.420. The van der Waals surface area contributed by atoms with Crippen molar-refractivity contribution >= 4 is 22.7 Å². The van der Waals surface area contributed by atoms with Gasteiger partial charge in [0.15, 0.2) is 11.3 Å². The fourth-order valence-corrected chi connectivity index (χ4v) is 2.81. The Morgan fingerprint density at radius 1 is 1.33 bits per heavy atom. The maximum Gasteiger partial charge on any atom is 0.245 e. The zero-order valence-corrected chi connectivity index (χ0v) is 14.2. The van der Waals surface area contributed by atoms with E-state index in [0.717, 1.165) is 35.3 Å². The fourth-order valence-electron chi connectivity index (χ4n) is 2.81. The highest BCUT2D eigenvalue weighted by molar-refractivity contribution is 6.18. The minimum atomic E-state index is -1.74. The van der Waals surface area contributed by atoms with Crippen molar-refractivity contribution in [2.24, 2.45) is 17.2 Å². The van der Waals surface area contributed by atoms with Crippen LogP contribution in [0.4, 0.5) is 0 Å². The van der Waals surface area contributed by atoms with E-state index >= 15 is 0 Å². The number of aromatic nitrogens is 2. The third-order valence-electron chi connectivity index (χ3n) is 4.20. The van der Waals surface area contributed by atoms with Crippen molar-refractivity contribution in [1.82, 2.24) is 9.97 Å². The summed E-state index contributed by atoms with van der Waals surface area (Å²) in [7, 11) is 0. The molecule has 0 aliphatic carbocycles. The van der Waals surface area contributed by atoms with E-state index in [1.165, 1.54) is 0 Å². The van der Waals surface area contributed by atoms with Gasteiger partial charge in [-0.3, -0.25) is 9.59 Å². The number of carbonyl (C=O) groups excluding carboxylic acids is 2. The van der Waals surface area contributed by atoms with E-state index in [1.54, 1.807) is 12.1 Å². The number of fused-ring (bicyclic) bond motifs is 1. The first-order chi connectivity index (χ1) is 11.3. The van der Waals surface area contributed by atoms with E-state index in [0.29, 0.717) is 18.5 Å². The van der Waals surface area contributed by atoms with Gasteiger partial charge in [0.05, 0.1) is 11.0 Å². The lowest BCUT2D eigenvalue weighted by Gasteiger charge is -2.24. The third kappa shape index (κ3) is 3.32. The monoisotopic (exact) mass is 331 g/mol. The minimum absolute atomic E-state index is 0.124. The smallest absolute Gasteiger partial charge is 0.245 e. The molecule has 0 fully saturated rings. The lowest BCUT2D eigenvalue weighted by atomic mass is 9.84. The number of nitrogens with zero attached hydrogens (tertiary/aromatic N) is 1. The Labute approximate surface area is 141 Å². The number of imidazole rings is 1. The summed E-state index contributed by atoms with van der Waals surface area (Å²) in [4.78, 5) is 32.4. The van der Waals surface area contributed by atoms with Crippen LogP contribution in [0.3, 0.4) is 0 Å². The molecule has 130 valence electrons. The predicted octanol–water partition coefficient (Wildman–Crippen LogP) is 0.928. The number of nitrogens with one attached hydrogen (secondary N) is 1. The van der Waals surface area contributed by atoms with Gasteiger partial charge in [-0.15, -0.1) is 0 Å². The normalized spacial score (nSPS) is 13.8. The van der Waals surface area contributed by atoms with Crippen molar-refractivity contribution in [2.75, 3.05) is 6.54 Å². The zero-order chi connectivity index (χ0) is 17.9. The standard InChI is InChI=1S/C17H25N5O2/c1-3-5-13-21-12-9-11(8-10(2)14(12)22-13)15(23)17(20,16(19)24)6-4-7-18/h8-9H,3-7,18,20H2,1-2H3,(H2,19,24)(H,21,22)/t17-/m1/s1. The van der Waals surface area contributed by atoms with Crippen molar-refractivity contribution in [2.45, 2.75) is 45.1 Å². The number of hydrogen-bond acceptors (Lipinski definition) is 5. The lowest BCUT2D eigenvalue weighted by Crippen LogP contribution is -2.58. The molecule has 0 saturated heterocycles. The third-order valence-corrected chi connectivity index (χ3v) is 4.20. The average molecular weight is 331 g/mol. The molecule has 0 aliphatic rings. The number of H-pyrrole nitrogens is 1. The number of ketones is 1. The maximum absolute atomic E-state index is 12.8. The molecule has 1 aromatic carbocycles. The highest BCUT2D eigenvalue weighted by Crippen LogP contribution is 2.23. The summed E-state index contributed by atoms with van der Waals surface area (Å²) in [6.07, 6.45) is 2.36. The number of primary amides is 1. The summed E-state index contributed by atoms with van der Waals surface area (Å²) in [6, 6.07) is 3.39.